The first kappa shape index (κ1) is 17.7. The largest absolute Gasteiger partial charge is 0.408 e. The molecule has 0 bridgehead atoms. The summed E-state index contributed by atoms with van der Waals surface area (Å²) in [5.74, 6) is -2.89. The molecule has 0 saturated carbocycles. The normalized spacial score (nSPS) is 22.3. The predicted octanol–water partition coefficient (Wildman–Crippen LogP) is 2.78. The van der Waals surface area contributed by atoms with Crippen molar-refractivity contribution in [3.63, 3.8) is 0 Å². The lowest BCUT2D eigenvalue weighted by molar-refractivity contribution is -0.196. The fraction of sp³-hybridized carbons (Fsp3) is 0.533. The average Bonchev–Trinajstić information content (AvgIpc) is 2.47. The number of benzene rings is 1. The number of aryl methyl sites for hydroxylation is 1. The zero-order chi connectivity index (χ0) is 17.2. The highest BCUT2D eigenvalue weighted by molar-refractivity contribution is 5.77. The summed E-state index contributed by atoms with van der Waals surface area (Å²) in [5, 5.41) is 0. The Morgan fingerprint density at radius 1 is 1.26 bits per heavy atom. The molecule has 23 heavy (non-hydrogen) atoms. The number of hydrogen-bond donors (Lipinski definition) is 1. The molecular formula is C15H17F5N2O. The highest BCUT2D eigenvalue weighted by Gasteiger charge is 2.47. The Morgan fingerprint density at radius 2 is 1.96 bits per heavy atom. The van der Waals surface area contributed by atoms with Crippen molar-refractivity contribution in [2.45, 2.75) is 43.9 Å². The van der Waals surface area contributed by atoms with Crippen molar-refractivity contribution in [1.82, 2.24) is 4.90 Å². The molecule has 0 aromatic heterocycles. The van der Waals surface area contributed by atoms with Gasteiger partial charge < -0.3 is 10.6 Å². The van der Waals surface area contributed by atoms with E-state index in [0.29, 0.717) is 4.90 Å². The monoisotopic (exact) mass is 336 g/mol. The fourth-order valence-corrected chi connectivity index (χ4v) is 2.74. The number of amides is 1. The molecule has 0 unspecified atom stereocenters. The number of alkyl halides is 3. The Balaban J connectivity index is 2.07. The molecule has 1 heterocycles. The molecule has 1 amide bonds. The number of likely N-dealkylation sites (tertiary alicyclic amines) is 1. The topological polar surface area (TPSA) is 46.3 Å². The van der Waals surface area contributed by atoms with Gasteiger partial charge >= 0.3 is 6.18 Å². The minimum atomic E-state index is -4.53. The summed E-state index contributed by atoms with van der Waals surface area (Å²) >= 11 is 0. The van der Waals surface area contributed by atoms with Crippen molar-refractivity contribution in [3.05, 3.63) is 35.4 Å². The summed E-state index contributed by atoms with van der Waals surface area (Å²) in [5.41, 5.74) is 5.61. The molecule has 1 aromatic carbocycles. The molecule has 1 fully saturated rings. The van der Waals surface area contributed by atoms with Gasteiger partial charge in [0.1, 0.15) is 6.04 Å². The van der Waals surface area contributed by atoms with E-state index in [1.807, 2.05) is 0 Å². The van der Waals surface area contributed by atoms with Gasteiger partial charge in [0, 0.05) is 19.0 Å². The third-order valence-corrected chi connectivity index (χ3v) is 3.96. The molecule has 0 radical (unpaired) electrons. The summed E-state index contributed by atoms with van der Waals surface area (Å²) in [6.45, 7) is -0.186. The molecule has 1 saturated heterocycles. The fourth-order valence-electron chi connectivity index (χ4n) is 2.74. The second-order valence-corrected chi connectivity index (χ2v) is 5.65. The second-order valence-electron chi connectivity index (χ2n) is 5.65. The van der Waals surface area contributed by atoms with Gasteiger partial charge in [-0.1, -0.05) is 12.1 Å². The zero-order valence-corrected chi connectivity index (χ0v) is 12.2. The van der Waals surface area contributed by atoms with Crippen LogP contribution in [0.25, 0.3) is 0 Å². The molecular weight excluding hydrogens is 319 g/mol. The van der Waals surface area contributed by atoms with Gasteiger partial charge in [0.05, 0.1) is 0 Å². The maximum absolute atomic E-state index is 13.5. The molecule has 1 aliphatic heterocycles. The third kappa shape index (κ3) is 4.19. The Morgan fingerprint density at radius 3 is 2.61 bits per heavy atom. The van der Waals surface area contributed by atoms with E-state index in [4.69, 9.17) is 5.73 Å². The minimum Gasteiger partial charge on any atom is -0.329 e. The first-order chi connectivity index (χ1) is 10.7. The van der Waals surface area contributed by atoms with Crippen LogP contribution in [0, 0.1) is 11.6 Å². The van der Waals surface area contributed by atoms with Gasteiger partial charge in [0.2, 0.25) is 5.91 Å². The lowest BCUT2D eigenvalue weighted by Gasteiger charge is -2.39. The molecule has 1 aromatic rings. The molecule has 3 nitrogen and oxygen atoms in total. The van der Waals surface area contributed by atoms with Crippen LogP contribution in [0.15, 0.2) is 18.2 Å². The van der Waals surface area contributed by atoms with E-state index in [-0.39, 0.29) is 37.8 Å². The first-order valence-electron chi connectivity index (χ1n) is 7.24. The van der Waals surface area contributed by atoms with E-state index in [9.17, 15) is 26.7 Å². The molecule has 2 rings (SSSR count). The van der Waals surface area contributed by atoms with E-state index >= 15 is 0 Å². The van der Waals surface area contributed by atoms with E-state index in [1.54, 1.807) is 0 Å². The van der Waals surface area contributed by atoms with Crippen LogP contribution in [-0.4, -0.2) is 35.6 Å². The summed E-state index contributed by atoms with van der Waals surface area (Å²) in [7, 11) is 0. The highest BCUT2D eigenvalue weighted by atomic mass is 19.4. The smallest absolute Gasteiger partial charge is 0.329 e. The SMILES string of the molecule is N[C@H]1CC[C@@H](C(F)(F)F)N(C(=O)CCc2cccc(F)c2F)C1. The zero-order valence-electron chi connectivity index (χ0n) is 12.2. The van der Waals surface area contributed by atoms with Gasteiger partial charge in [-0.2, -0.15) is 13.2 Å². The Kier molecular flexibility index (Phi) is 5.23. The first-order valence-corrected chi connectivity index (χ1v) is 7.24. The van der Waals surface area contributed by atoms with E-state index in [1.165, 1.54) is 12.1 Å². The molecule has 1 aliphatic rings. The van der Waals surface area contributed by atoms with Gasteiger partial charge in [-0.05, 0) is 30.9 Å². The molecule has 0 aliphatic carbocycles. The summed E-state index contributed by atoms with van der Waals surface area (Å²) in [6, 6.07) is 1.14. The number of hydrogen-bond acceptors (Lipinski definition) is 2. The number of carbonyl (C=O) groups excluding carboxylic acids is 1. The van der Waals surface area contributed by atoms with Gasteiger partial charge in [0.15, 0.2) is 11.6 Å². The van der Waals surface area contributed by atoms with Crippen LogP contribution in [0.4, 0.5) is 22.0 Å². The quantitative estimate of drug-likeness (QED) is 0.863. The second kappa shape index (κ2) is 6.82. The van der Waals surface area contributed by atoms with Crippen molar-refractivity contribution < 1.29 is 26.7 Å². The summed E-state index contributed by atoms with van der Waals surface area (Å²) in [4.78, 5) is 12.8. The van der Waals surface area contributed by atoms with Crippen LogP contribution in [0.2, 0.25) is 0 Å². The summed E-state index contributed by atoms with van der Waals surface area (Å²) < 4.78 is 65.7. The van der Waals surface area contributed by atoms with Crippen molar-refractivity contribution in [1.29, 1.82) is 0 Å². The number of rotatable bonds is 3. The van der Waals surface area contributed by atoms with E-state index in [2.05, 4.69) is 0 Å². The van der Waals surface area contributed by atoms with Gasteiger partial charge in [-0.3, -0.25) is 4.79 Å². The highest BCUT2D eigenvalue weighted by Crippen LogP contribution is 2.32. The lowest BCUT2D eigenvalue weighted by Crippen LogP contribution is -2.56. The molecule has 8 heteroatoms. The maximum Gasteiger partial charge on any atom is 0.408 e. The van der Waals surface area contributed by atoms with Crippen LogP contribution >= 0.6 is 0 Å². The van der Waals surface area contributed by atoms with Gasteiger partial charge in [-0.15, -0.1) is 0 Å². The van der Waals surface area contributed by atoms with E-state index < -0.39 is 35.8 Å². The predicted molar refractivity (Wildman–Crippen MR) is 73.4 cm³/mol. The van der Waals surface area contributed by atoms with E-state index in [0.717, 1.165) is 6.07 Å². The summed E-state index contributed by atoms with van der Waals surface area (Å²) in [6.07, 6.45) is -5.09. The van der Waals surface area contributed by atoms with Gasteiger partial charge in [-0.25, -0.2) is 8.78 Å². The van der Waals surface area contributed by atoms with Crippen LogP contribution in [0.3, 0.4) is 0 Å². The number of halogens is 5. The molecule has 2 N–H and O–H groups in total. The minimum absolute atomic E-state index is 0.0387. The van der Waals surface area contributed by atoms with Crippen molar-refractivity contribution in [3.8, 4) is 0 Å². The lowest BCUT2D eigenvalue weighted by atomic mass is 9.97. The molecule has 0 spiro atoms. The van der Waals surface area contributed by atoms with Crippen LogP contribution in [0.1, 0.15) is 24.8 Å². The molecule has 2 atom stereocenters. The van der Waals surface area contributed by atoms with Crippen molar-refractivity contribution in [2.75, 3.05) is 6.54 Å². The van der Waals surface area contributed by atoms with Crippen LogP contribution < -0.4 is 5.73 Å². The number of nitrogens with two attached hydrogens (primary N) is 1. The standard InChI is InChI=1S/C15H17F5N2O/c16-11-3-1-2-9(14(11)17)4-7-13(23)22-8-10(21)5-6-12(22)15(18,19)20/h1-3,10,12H,4-8,21H2/t10-,12-/m0/s1. The van der Waals surface area contributed by atoms with Crippen LogP contribution in [-0.2, 0) is 11.2 Å². The number of carbonyl (C=O) groups is 1. The van der Waals surface area contributed by atoms with Crippen molar-refractivity contribution >= 4 is 5.91 Å². The Labute approximate surface area is 130 Å². The number of nitrogens with zero attached hydrogens (tertiary/aromatic N) is 1. The Hall–Kier alpha value is -1.70. The maximum atomic E-state index is 13.5. The molecule has 128 valence electrons. The average molecular weight is 336 g/mol. The number of piperidine rings is 1. The van der Waals surface area contributed by atoms with Crippen LogP contribution in [0.5, 0.6) is 0 Å². The van der Waals surface area contributed by atoms with Crippen molar-refractivity contribution in [2.24, 2.45) is 5.73 Å². The van der Waals surface area contributed by atoms with Gasteiger partial charge in [0.25, 0.3) is 0 Å². The third-order valence-electron chi connectivity index (χ3n) is 3.96. The Bertz CT molecular complexity index is 575.